The molecular formula is C44H60N24O2. The van der Waals surface area contributed by atoms with E-state index in [0.29, 0.717) is 72.9 Å². The Labute approximate surface area is 402 Å². The number of rotatable bonds is 18. The number of hydrogen-bond donors (Lipinski definition) is 6. The first-order chi connectivity index (χ1) is 34.2. The molecule has 0 spiro atoms. The van der Waals surface area contributed by atoms with E-state index in [0.717, 1.165) is 86.2 Å². The second kappa shape index (κ2) is 19.3. The fourth-order valence-corrected chi connectivity index (χ4v) is 10.2. The molecule has 0 radical (unpaired) electrons. The third-order valence-electron chi connectivity index (χ3n) is 14.0. The third-order valence-corrected chi connectivity index (χ3v) is 14.0. The molecule has 26 heteroatoms. The molecule has 26 nitrogen and oxygen atoms in total. The number of fused-ring (bicyclic) bond motifs is 2. The average molecular weight is 957 g/mol. The topological polar surface area (TPSA) is 299 Å². The van der Waals surface area contributed by atoms with E-state index in [1.165, 1.54) is 4.80 Å². The Morgan fingerprint density at radius 3 is 1.63 bits per heavy atom. The normalized spacial score (nSPS) is 23.7. The first-order valence-corrected chi connectivity index (χ1v) is 24.5. The van der Waals surface area contributed by atoms with E-state index in [-0.39, 0.29) is 24.2 Å². The second-order valence-corrected chi connectivity index (χ2v) is 18.9. The first kappa shape index (κ1) is 45.2. The van der Waals surface area contributed by atoms with Gasteiger partial charge in [-0.1, -0.05) is 13.8 Å². The van der Waals surface area contributed by atoms with E-state index >= 15 is 0 Å². The van der Waals surface area contributed by atoms with Crippen LogP contribution in [0.2, 0.25) is 0 Å². The molecule has 3 aliphatic rings. The van der Waals surface area contributed by atoms with Crippen molar-refractivity contribution in [2.45, 2.75) is 139 Å². The van der Waals surface area contributed by atoms with Gasteiger partial charge in [-0.3, -0.25) is 0 Å². The molecule has 11 rings (SSSR count). The number of anilines is 4. The van der Waals surface area contributed by atoms with Gasteiger partial charge in [-0.25, -0.2) is 19.9 Å². The Morgan fingerprint density at radius 2 is 1.09 bits per heavy atom. The average Bonchev–Trinajstić information content (AvgIpc) is 4.22. The smallest absolute Gasteiger partial charge is 0.226 e. The quantitative estimate of drug-likeness (QED) is 0.0720. The van der Waals surface area contributed by atoms with Crippen LogP contribution in [0.15, 0.2) is 37.7 Å². The van der Waals surface area contributed by atoms with E-state index in [4.69, 9.17) is 29.9 Å². The van der Waals surface area contributed by atoms with Crippen LogP contribution in [0.4, 0.5) is 23.5 Å². The fourth-order valence-electron chi connectivity index (χ4n) is 10.2. The van der Waals surface area contributed by atoms with E-state index < -0.39 is 24.3 Å². The lowest BCUT2D eigenvalue weighted by Gasteiger charge is -2.30. The summed E-state index contributed by atoms with van der Waals surface area (Å²) in [4.78, 5) is 41.9. The van der Waals surface area contributed by atoms with Gasteiger partial charge in [0.15, 0.2) is 45.6 Å². The van der Waals surface area contributed by atoms with Crippen LogP contribution >= 0.6 is 0 Å². The van der Waals surface area contributed by atoms with Crippen LogP contribution in [0, 0.1) is 0 Å². The highest BCUT2D eigenvalue weighted by atomic mass is 16.3. The van der Waals surface area contributed by atoms with Crippen LogP contribution in [0.5, 0.6) is 0 Å². The molecule has 8 heterocycles. The van der Waals surface area contributed by atoms with Gasteiger partial charge in [0.1, 0.15) is 18.2 Å². The lowest BCUT2D eigenvalue weighted by molar-refractivity contribution is 0.00473. The van der Waals surface area contributed by atoms with E-state index in [2.05, 4.69) is 66.6 Å². The summed E-state index contributed by atoms with van der Waals surface area (Å²) in [6, 6.07) is -0.571. The number of imidazole rings is 4. The molecule has 0 aromatic carbocycles. The first-order valence-electron chi connectivity index (χ1n) is 24.5. The maximum Gasteiger partial charge on any atom is 0.226 e. The zero-order valence-corrected chi connectivity index (χ0v) is 39.8. The number of aliphatic hydroxyl groups excluding tert-OH is 2. The Morgan fingerprint density at radius 1 is 0.571 bits per heavy atom. The summed E-state index contributed by atoms with van der Waals surface area (Å²) in [5, 5.41) is 63.0. The van der Waals surface area contributed by atoms with Gasteiger partial charge in [0.2, 0.25) is 11.9 Å². The zero-order chi connectivity index (χ0) is 47.9. The molecule has 8 aromatic rings. The van der Waals surface area contributed by atoms with Crippen molar-refractivity contribution in [1.82, 2.24) is 98.6 Å². The Bertz CT molecular complexity index is 3050. The molecule has 0 amide bonds. The highest BCUT2D eigenvalue weighted by molar-refractivity contribution is 5.85. The van der Waals surface area contributed by atoms with Gasteiger partial charge < -0.3 is 49.7 Å². The van der Waals surface area contributed by atoms with Crippen molar-refractivity contribution < 1.29 is 10.2 Å². The third kappa shape index (κ3) is 9.18. The molecule has 0 bridgehead atoms. The number of hydrogen-bond acceptors (Lipinski definition) is 20. The second-order valence-electron chi connectivity index (χ2n) is 18.9. The van der Waals surface area contributed by atoms with Crippen LogP contribution in [-0.2, 0) is 39.8 Å². The van der Waals surface area contributed by atoms with Crippen LogP contribution in [0.1, 0.15) is 112 Å². The van der Waals surface area contributed by atoms with Gasteiger partial charge in [0.05, 0.1) is 48.8 Å². The number of tetrazole rings is 2. The van der Waals surface area contributed by atoms with Crippen LogP contribution in [0.3, 0.4) is 0 Å². The van der Waals surface area contributed by atoms with Gasteiger partial charge in [0, 0.05) is 83.4 Å². The molecule has 3 fully saturated rings. The highest BCUT2D eigenvalue weighted by Gasteiger charge is 2.45. The number of nitrogens with one attached hydrogen (secondary N) is 4. The predicted octanol–water partition coefficient (Wildman–Crippen LogP) is 2.55. The molecule has 0 saturated heterocycles. The molecule has 0 unspecified atom stereocenters. The van der Waals surface area contributed by atoms with Gasteiger partial charge in [-0.15, -0.1) is 20.4 Å². The van der Waals surface area contributed by atoms with Crippen molar-refractivity contribution in [2.24, 2.45) is 14.1 Å². The molecule has 368 valence electrons. The summed E-state index contributed by atoms with van der Waals surface area (Å²) in [5.41, 5.74) is 4.58. The molecular weight excluding hydrogens is 897 g/mol. The van der Waals surface area contributed by atoms with Crippen LogP contribution in [-0.4, -0.2) is 146 Å². The van der Waals surface area contributed by atoms with Gasteiger partial charge in [-0.05, 0) is 61.8 Å². The maximum absolute atomic E-state index is 11.4. The van der Waals surface area contributed by atoms with Crippen molar-refractivity contribution >= 4 is 45.9 Å². The SMILES string of the molecule is CCc1nnn([C@@H]2CC[C@H](n3cnc4c(NC5CCC(Nc6nc(NCCc7cn(C)cn7)nc7c6ncn7[C@@H]6C[C@H](n7nnc(CC)n7)[C@@H](O)[C@H]6O)CC5)nc(NCCc5cn(C)cn5)nc43)C2)n1. The predicted molar refractivity (Wildman–Crippen MR) is 256 cm³/mol. The summed E-state index contributed by atoms with van der Waals surface area (Å²) < 4.78 is 7.90. The summed E-state index contributed by atoms with van der Waals surface area (Å²) >= 11 is 0. The van der Waals surface area contributed by atoms with Crippen LogP contribution in [0.25, 0.3) is 22.3 Å². The number of aryl methyl sites for hydroxylation is 4. The Hall–Kier alpha value is -7.22. The minimum absolute atomic E-state index is 0.0914. The monoisotopic (exact) mass is 957 g/mol. The van der Waals surface area contributed by atoms with Crippen molar-refractivity contribution in [3.8, 4) is 0 Å². The molecule has 3 saturated carbocycles. The number of aromatic nitrogens is 20. The van der Waals surface area contributed by atoms with E-state index in [1.807, 2.05) is 66.7 Å². The van der Waals surface area contributed by atoms with Crippen molar-refractivity contribution in [3.63, 3.8) is 0 Å². The number of aliphatic hydroxyl groups is 2. The minimum atomic E-state index is -1.12. The summed E-state index contributed by atoms with van der Waals surface area (Å²) in [6.45, 7) is 5.15. The van der Waals surface area contributed by atoms with E-state index in [9.17, 15) is 10.2 Å². The summed E-state index contributed by atoms with van der Waals surface area (Å²) in [5.74, 6) is 3.59. The van der Waals surface area contributed by atoms with Gasteiger partial charge in [0.25, 0.3) is 0 Å². The molecule has 70 heavy (non-hydrogen) atoms. The Kier molecular flexibility index (Phi) is 12.5. The molecule has 8 aromatic heterocycles. The van der Waals surface area contributed by atoms with Crippen molar-refractivity contribution in [1.29, 1.82) is 0 Å². The lowest BCUT2D eigenvalue weighted by Crippen LogP contribution is -2.33. The zero-order valence-electron chi connectivity index (χ0n) is 39.8. The molecule has 0 aliphatic heterocycles. The maximum atomic E-state index is 11.4. The summed E-state index contributed by atoms with van der Waals surface area (Å²) in [7, 11) is 3.92. The number of nitrogens with zero attached hydrogens (tertiary/aromatic N) is 20. The van der Waals surface area contributed by atoms with Crippen LogP contribution < -0.4 is 21.3 Å². The standard InChI is InChI=1S/C44H60N24O2/c1-5-33-57-61-67(59-33)30-12-11-29(17-30)65-23-49-35-39(53-43(55-41(35)65)45-15-13-27-19-63(3)21-47-27)51-25-7-9-26(10-8-25)52-40-36-42(56-44(54-40)46-16-14-28-20-64(4)22-48-28)66(24-50-36)31-18-32(38(70)37(31)69)68-60-34(6-2)58-62-68/h19-26,29-32,37-38,69-70H,5-18H2,1-4H3,(H2,45,51,53,55)(H2,46,52,54,56)/t25?,26?,29-,30+,31+,32-,37-,38+/m0/s1. The van der Waals surface area contributed by atoms with Crippen molar-refractivity contribution in [2.75, 3.05) is 34.4 Å². The molecule has 6 N–H and O–H groups in total. The van der Waals surface area contributed by atoms with Gasteiger partial charge >= 0.3 is 0 Å². The highest BCUT2D eigenvalue weighted by Crippen LogP contribution is 2.41. The Balaban J connectivity index is 0.809. The molecule has 3 aliphatic carbocycles. The van der Waals surface area contributed by atoms with Gasteiger partial charge in [-0.2, -0.15) is 29.5 Å². The van der Waals surface area contributed by atoms with E-state index in [1.54, 1.807) is 17.5 Å². The summed E-state index contributed by atoms with van der Waals surface area (Å²) in [6.07, 6.45) is 18.2. The minimum Gasteiger partial charge on any atom is -0.388 e. The lowest BCUT2D eigenvalue weighted by atomic mass is 9.91. The fraction of sp³-hybridized carbons (Fsp3) is 0.591. The largest absolute Gasteiger partial charge is 0.388 e. The van der Waals surface area contributed by atoms with Crippen molar-refractivity contribution in [3.05, 3.63) is 60.7 Å². The molecule has 6 atom stereocenters.